The van der Waals surface area contributed by atoms with Gasteiger partial charge >= 0.3 is 0 Å². The third-order valence-corrected chi connectivity index (χ3v) is 6.20. The molecule has 0 spiro atoms. The van der Waals surface area contributed by atoms with Crippen molar-refractivity contribution in [2.45, 2.75) is 26.4 Å². The first-order chi connectivity index (χ1) is 15.9. The Morgan fingerprint density at radius 2 is 1.82 bits per heavy atom. The fourth-order valence-electron chi connectivity index (χ4n) is 3.31. The van der Waals surface area contributed by atoms with Gasteiger partial charge in [0.05, 0.1) is 17.1 Å². The molecule has 0 saturated heterocycles. The van der Waals surface area contributed by atoms with Crippen LogP contribution in [-0.2, 0) is 13.0 Å². The standard InChI is InChI=1S/C25H20Br2ClN3O2/c1-2-3-24-30-22-10-8-19(27)13-21(22)25(32)31(24)29-14-17-12-20(28)9-11-23(17)33-15-16-4-6-18(26)7-5-16/h4-14H,2-3,15H2,1H3. The quantitative estimate of drug-likeness (QED) is 0.219. The van der Waals surface area contributed by atoms with E-state index < -0.39 is 0 Å². The largest absolute Gasteiger partial charge is 0.488 e. The average Bonchev–Trinajstić information content (AvgIpc) is 2.80. The molecular formula is C25H20Br2ClN3O2. The van der Waals surface area contributed by atoms with Gasteiger partial charge in [-0.2, -0.15) is 9.78 Å². The van der Waals surface area contributed by atoms with Crippen LogP contribution in [0.2, 0.25) is 5.02 Å². The predicted octanol–water partition coefficient (Wildman–Crippen LogP) is 6.99. The van der Waals surface area contributed by atoms with Crippen molar-refractivity contribution in [3.8, 4) is 5.75 Å². The van der Waals surface area contributed by atoms with Gasteiger partial charge in [-0.15, -0.1) is 0 Å². The molecule has 0 unspecified atom stereocenters. The lowest BCUT2D eigenvalue weighted by Gasteiger charge is -2.11. The lowest BCUT2D eigenvalue weighted by atomic mass is 10.2. The van der Waals surface area contributed by atoms with E-state index in [0.717, 1.165) is 20.9 Å². The van der Waals surface area contributed by atoms with E-state index in [1.54, 1.807) is 30.5 Å². The van der Waals surface area contributed by atoms with Crippen LogP contribution in [0.25, 0.3) is 10.9 Å². The van der Waals surface area contributed by atoms with Crippen molar-refractivity contribution >= 4 is 60.6 Å². The van der Waals surface area contributed by atoms with Gasteiger partial charge < -0.3 is 4.74 Å². The second-order valence-corrected chi connectivity index (χ2v) is 9.67. The first-order valence-corrected chi connectivity index (χ1v) is 12.3. The van der Waals surface area contributed by atoms with Gasteiger partial charge in [-0.1, -0.05) is 62.5 Å². The molecule has 4 aromatic rings. The highest BCUT2D eigenvalue weighted by molar-refractivity contribution is 9.10. The van der Waals surface area contributed by atoms with Gasteiger partial charge in [-0.25, -0.2) is 4.98 Å². The molecule has 0 aliphatic heterocycles. The summed E-state index contributed by atoms with van der Waals surface area (Å²) < 4.78 is 9.21. The van der Waals surface area contributed by atoms with Crippen molar-refractivity contribution in [3.05, 3.63) is 102 Å². The Labute approximate surface area is 213 Å². The summed E-state index contributed by atoms with van der Waals surface area (Å²) in [6, 6.07) is 18.7. The number of hydrogen-bond donors (Lipinski definition) is 0. The number of benzene rings is 3. The van der Waals surface area contributed by atoms with Crippen molar-refractivity contribution in [3.63, 3.8) is 0 Å². The number of nitrogens with zero attached hydrogens (tertiary/aromatic N) is 3. The van der Waals surface area contributed by atoms with Crippen LogP contribution in [0.1, 0.15) is 30.3 Å². The summed E-state index contributed by atoms with van der Waals surface area (Å²) in [4.78, 5) is 17.9. The highest BCUT2D eigenvalue weighted by Gasteiger charge is 2.11. The maximum Gasteiger partial charge on any atom is 0.282 e. The zero-order valence-electron chi connectivity index (χ0n) is 17.8. The third-order valence-electron chi connectivity index (χ3n) is 4.94. The summed E-state index contributed by atoms with van der Waals surface area (Å²) in [6.45, 7) is 2.43. The van der Waals surface area contributed by atoms with Crippen molar-refractivity contribution in [2.24, 2.45) is 5.10 Å². The summed E-state index contributed by atoms with van der Waals surface area (Å²) in [5, 5.41) is 5.55. The molecule has 0 fully saturated rings. The molecule has 0 N–H and O–H groups in total. The second-order valence-electron chi connectivity index (χ2n) is 7.40. The van der Waals surface area contributed by atoms with Gasteiger partial charge in [0.2, 0.25) is 0 Å². The van der Waals surface area contributed by atoms with E-state index in [4.69, 9.17) is 16.3 Å². The molecule has 0 aliphatic carbocycles. The minimum Gasteiger partial charge on any atom is -0.488 e. The summed E-state index contributed by atoms with van der Waals surface area (Å²) in [5.41, 5.74) is 2.13. The summed E-state index contributed by atoms with van der Waals surface area (Å²) >= 11 is 13.1. The van der Waals surface area contributed by atoms with Gasteiger partial charge in [-0.3, -0.25) is 4.79 Å². The number of ether oxygens (including phenoxy) is 1. The van der Waals surface area contributed by atoms with Gasteiger partial charge in [0.15, 0.2) is 0 Å². The number of fused-ring (bicyclic) bond motifs is 1. The topological polar surface area (TPSA) is 56.5 Å². The van der Waals surface area contributed by atoms with E-state index in [1.165, 1.54) is 4.68 Å². The Balaban J connectivity index is 1.70. The first kappa shape index (κ1) is 23.7. The molecule has 168 valence electrons. The SMILES string of the molecule is CCCc1nc2ccc(Br)cc2c(=O)n1N=Cc1cc(Cl)ccc1OCc1ccc(Br)cc1. The Morgan fingerprint density at radius 3 is 2.58 bits per heavy atom. The third kappa shape index (κ3) is 5.72. The van der Waals surface area contributed by atoms with Crippen molar-refractivity contribution in [1.29, 1.82) is 0 Å². The molecule has 0 amide bonds. The van der Waals surface area contributed by atoms with Crippen LogP contribution in [0.4, 0.5) is 0 Å². The van der Waals surface area contributed by atoms with Crippen LogP contribution in [0.3, 0.4) is 0 Å². The van der Waals surface area contributed by atoms with Gasteiger partial charge in [0.1, 0.15) is 18.2 Å². The molecule has 4 rings (SSSR count). The summed E-state index contributed by atoms with van der Waals surface area (Å²) in [6.07, 6.45) is 3.05. The van der Waals surface area contributed by atoms with Crippen LogP contribution in [0.5, 0.6) is 5.75 Å². The van der Waals surface area contributed by atoms with Crippen LogP contribution < -0.4 is 10.3 Å². The molecule has 1 aromatic heterocycles. The lowest BCUT2D eigenvalue weighted by molar-refractivity contribution is 0.306. The van der Waals surface area contributed by atoms with Gasteiger partial charge in [-0.05, 0) is 60.5 Å². The van der Waals surface area contributed by atoms with Crippen LogP contribution in [-0.4, -0.2) is 15.9 Å². The zero-order chi connectivity index (χ0) is 23.4. The molecule has 8 heteroatoms. The molecule has 0 bridgehead atoms. The van der Waals surface area contributed by atoms with Crippen molar-refractivity contribution < 1.29 is 4.74 Å². The minimum absolute atomic E-state index is 0.222. The molecule has 0 atom stereocenters. The number of hydrogen-bond acceptors (Lipinski definition) is 4. The Hall–Kier alpha value is -2.48. The Morgan fingerprint density at radius 1 is 1.06 bits per heavy atom. The van der Waals surface area contributed by atoms with Crippen LogP contribution >= 0.6 is 43.5 Å². The zero-order valence-corrected chi connectivity index (χ0v) is 21.7. The molecule has 0 aliphatic rings. The van der Waals surface area contributed by atoms with E-state index in [-0.39, 0.29) is 5.56 Å². The lowest BCUT2D eigenvalue weighted by Crippen LogP contribution is -2.22. The van der Waals surface area contributed by atoms with E-state index in [1.807, 2.05) is 43.3 Å². The maximum atomic E-state index is 13.2. The molecule has 5 nitrogen and oxygen atoms in total. The molecule has 0 saturated carbocycles. The van der Waals surface area contributed by atoms with E-state index in [0.29, 0.717) is 46.1 Å². The Bertz CT molecular complexity index is 1390. The predicted molar refractivity (Wildman–Crippen MR) is 141 cm³/mol. The average molecular weight is 590 g/mol. The van der Waals surface area contributed by atoms with Gasteiger partial charge in [0, 0.05) is 26.0 Å². The summed E-state index contributed by atoms with van der Waals surface area (Å²) in [5.74, 6) is 1.22. The monoisotopic (exact) mass is 587 g/mol. The van der Waals surface area contributed by atoms with Crippen LogP contribution in [0, 0.1) is 0 Å². The fraction of sp³-hybridized carbons (Fsp3) is 0.160. The number of aryl methyl sites for hydroxylation is 1. The van der Waals surface area contributed by atoms with Gasteiger partial charge in [0.25, 0.3) is 5.56 Å². The number of halogens is 3. The molecular weight excluding hydrogens is 570 g/mol. The fourth-order valence-corrected chi connectivity index (χ4v) is 4.12. The van der Waals surface area contributed by atoms with E-state index in [2.05, 4.69) is 41.9 Å². The smallest absolute Gasteiger partial charge is 0.282 e. The number of aromatic nitrogens is 2. The Kier molecular flexibility index (Phi) is 7.63. The molecule has 1 heterocycles. The van der Waals surface area contributed by atoms with Crippen LogP contribution in [0.15, 0.2) is 79.5 Å². The first-order valence-electron chi connectivity index (χ1n) is 10.4. The highest BCUT2D eigenvalue weighted by atomic mass is 79.9. The van der Waals surface area contributed by atoms with E-state index in [9.17, 15) is 4.79 Å². The molecule has 0 radical (unpaired) electrons. The molecule has 33 heavy (non-hydrogen) atoms. The molecule has 3 aromatic carbocycles. The normalized spacial score (nSPS) is 11.4. The second kappa shape index (κ2) is 10.6. The van der Waals surface area contributed by atoms with E-state index >= 15 is 0 Å². The summed E-state index contributed by atoms with van der Waals surface area (Å²) in [7, 11) is 0. The minimum atomic E-state index is -0.222. The highest BCUT2D eigenvalue weighted by Crippen LogP contribution is 2.23. The number of rotatable bonds is 7. The van der Waals surface area contributed by atoms with Crippen molar-refractivity contribution in [2.75, 3.05) is 0 Å². The maximum absolute atomic E-state index is 13.2. The van der Waals surface area contributed by atoms with Crippen molar-refractivity contribution in [1.82, 2.24) is 9.66 Å².